The number of carbonyl (C=O) groups is 1. The smallest absolute Gasteiger partial charge is 0.373 e. The van der Waals surface area contributed by atoms with Gasteiger partial charge in [-0.1, -0.05) is 65.7 Å². The number of para-hydroxylation sites is 1. The molecule has 2 aliphatic heterocycles. The van der Waals surface area contributed by atoms with Crippen LogP contribution >= 0.6 is 0 Å². The van der Waals surface area contributed by atoms with Gasteiger partial charge < -0.3 is 14.6 Å². The number of hydrogen-bond acceptors (Lipinski definition) is 6. The summed E-state index contributed by atoms with van der Waals surface area (Å²) in [6.45, 7) is 5.71. The van der Waals surface area contributed by atoms with Gasteiger partial charge in [0.15, 0.2) is 0 Å². The number of anilines is 1. The van der Waals surface area contributed by atoms with E-state index in [0.29, 0.717) is 16.8 Å². The van der Waals surface area contributed by atoms with Crippen LogP contribution in [0.3, 0.4) is 0 Å². The summed E-state index contributed by atoms with van der Waals surface area (Å²) in [4.78, 5) is 12.7. The number of aliphatic hydroxyl groups excluding tert-OH is 1. The van der Waals surface area contributed by atoms with Crippen molar-refractivity contribution in [2.75, 3.05) is 10.9 Å². The Balaban J connectivity index is 1.76. The molecule has 3 aromatic rings. The highest BCUT2D eigenvalue weighted by Crippen LogP contribution is 2.54. The first kappa shape index (κ1) is 25.0. The zero-order valence-corrected chi connectivity index (χ0v) is 21.7. The van der Waals surface area contributed by atoms with Gasteiger partial charge in [-0.05, 0) is 56.2 Å². The van der Waals surface area contributed by atoms with Crippen molar-refractivity contribution in [2.45, 2.75) is 43.9 Å². The third-order valence-corrected chi connectivity index (χ3v) is 8.76. The molecule has 0 bridgehead atoms. The minimum absolute atomic E-state index is 0.0806. The molecule has 5 rings (SSSR count). The Morgan fingerprint density at radius 2 is 1.59 bits per heavy atom. The van der Waals surface area contributed by atoms with Gasteiger partial charge in [-0.25, -0.2) is 13.2 Å². The number of hydrogen-bond donors (Lipinski definition) is 1. The lowest BCUT2D eigenvalue weighted by atomic mass is 9.73. The van der Waals surface area contributed by atoms with E-state index in [2.05, 4.69) is 0 Å². The van der Waals surface area contributed by atoms with Gasteiger partial charge >= 0.3 is 5.97 Å². The minimum atomic E-state index is -4.06. The second-order valence-electron chi connectivity index (χ2n) is 9.39. The van der Waals surface area contributed by atoms with E-state index < -0.39 is 40.2 Å². The average molecular weight is 520 g/mol. The Bertz CT molecular complexity index is 1450. The lowest BCUT2D eigenvalue weighted by Crippen LogP contribution is -2.50. The van der Waals surface area contributed by atoms with Gasteiger partial charge in [0.25, 0.3) is 10.0 Å². The predicted molar refractivity (Wildman–Crippen MR) is 139 cm³/mol. The molecule has 0 fully saturated rings. The lowest BCUT2D eigenvalue weighted by Gasteiger charge is -2.48. The first-order valence-electron chi connectivity index (χ1n) is 12.2. The van der Waals surface area contributed by atoms with Crippen molar-refractivity contribution in [2.24, 2.45) is 5.92 Å². The van der Waals surface area contributed by atoms with Crippen LogP contribution in [0.5, 0.6) is 0 Å². The number of aryl methyl sites for hydroxylation is 2. The standard InChI is InChI=1S/C29H29NO6S/c1-4-35-28(31)25-17-23-22-7-5-6-8-24(22)30(37(33,34)21-15-11-19(3)12-16-21)27(26(23)29(32)36-25)20-13-9-18(2)10-14-20/h5-17,23,26-27,29,32H,4H2,1-3H3/t23-,26+,27-,29+/m1/s1. The largest absolute Gasteiger partial charge is 0.460 e. The van der Waals surface area contributed by atoms with E-state index in [1.807, 2.05) is 50.2 Å². The van der Waals surface area contributed by atoms with E-state index in [4.69, 9.17) is 9.47 Å². The first-order valence-corrected chi connectivity index (χ1v) is 13.7. The average Bonchev–Trinajstić information content (AvgIpc) is 2.88. The molecule has 7 nitrogen and oxygen atoms in total. The number of ether oxygens (including phenoxy) is 2. The van der Waals surface area contributed by atoms with Crippen LogP contribution in [-0.4, -0.2) is 32.4 Å². The van der Waals surface area contributed by atoms with Crippen molar-refractivity contribution >= 4 is 21.7 Å². The van der Waals surface area contributed by atoms with Gasteiger partial charge in [0.05, 0.1) is 29.1 Å². The van der Waals surface area contributed by atoms with E-state index in [9.17, 15) is 18.3 Å². The highest BCUT2D eigenvalue weighted by molar-refractivity contribution is 7.92. The van der Waals surface area contributed by atoms with Crippen molar-refractivity contribution in [3.05, 3.63) is 107 Å². The predicted octanol–water partition coefficient (Wildman–Crippen LogP) is 4.75. The number of carbonyl (C=O) groups excluding carboxylic acids is 1. The van der Waals surface area contributed by atoms with Crippen LogP contribution in [-0.2, 0) is 24.3 Å². The number of allylic oxidation sites excluding steroid dienone is 1. The quantitative estimate of drug-likeness (QED) is 0.489. The van der Waals surface area contributed by atoms with Gasteiger partial charge in [0.2, 0.25) is 12.0 Å². The molecule has 0 spiro atoms. The summed E-state index contributed by atoms with van der Waals surface area (Å²) >= 11 is 0. The maximum atomic E-state index is 14.3. The molecule has 0 saturated carbocycles. The molecule has 0 saturated heterocycles. The molecule has 8 heteroatoms. The fraction of sp³-hybridized carbons (Fsp3) is 0.276. The normalized spacial score (nSPS) is 22.8. The first-order chi connectivity index (χ1) is 17.7. The van der Waals surface area contributed by atoms with Gasteiger partial charge in [-0.3, -0.25) is 4.31 Å². The number of aliphatic hydroxyl groups is 1. The van der Waals surface area contributed by atoms with Crippen molar-refractivity contribution in [3.63, 3.8) is 0 Å². The molecule has 0 unspecified atom stereocenters. The number of fused-ring (bicyclic) bond motifs is 3. The zero-order valence-electron chi connectivity index (χ0n) is 20.9. The molecule has 2 aliphatic rings. The van der Waals surface area contributed by atoms with Crippen LogP contribution in [0.1, 0.15) is 41.1 Å². The van der Waals surface area contributed by atoms with Crippen molar-refractivity contribution in [1.29, 1.82) is 0 Å². The molecule has 0 amide bonds. The van der Waals surface area contributed by atoms with Crippen LogP contribution in [0, 0.1) is 19.8 Å². The second kappa shape index (κ2) is 9.68. The molecular formula is C29H29NO6S. The maximum Gasteiger partial charge on any atom is 0.373 e. The van der Waals surface area contributed by atoms with E-state index in [-0.39, 0.29) is 17.3 Å². The van der Waals surface area contributed by atoms with E-state index in [0.717, 1.165) is 11.1 Å². The number of rotatable bonds is 5. The fourth-order valence-corrected chi connectivity index (χ4v) is 6.86. The Kier molecular flexibility index (Phi) is 6.56. The number of esters is 1. The van der Waals surface area contributed by atoms with E-state index in [1.165, 1.54) is 4.31 Å². The molecule has 0 radical (unpaired) electrons. The zero-order chi connectivity index (χ0) is 26.3. The number of benzene rings is 3. The van der Waals surface area contributed by atoms with Gasteiger partial charge in [0.1, 0.15) is 0 Å². The van der Waals surface area contributed by atoms with Crippen LogP contribution in [0.4, 0.5) is 5.69 Å². The molecular weight excluding hydrogens is 490 g/mol. The Morgan fingerprint density at radius 3 is 2.24 bits per heavy atom. The van der Waals surface area contributed by atoms with Crippen LogP contribution in [0.25, 0.3) is 0 Å². The second-order valence-corrected chi connectivity index (χ2v) is 11.2. The van der Waals surface area contributed by atoms with Gasteiger partial charge in [0, 0.05) is 5.92 Å². The molecule has 0 aromatic heterocycles. The molecule has 37 heavy (non-hydrogen) atoms. The summed E-state index contributed by atoms with van der Waals surface area (Å²) in [7, 11) is -4.06. The molecule has 0 aliphatic carbocycles. The van der Waals surface area contributed by atoms with Crippen molar-refractivity contribution in [3.8, 4) is 0 Å². The summed E-state index contributed by atoms with van der Waals surface area (Å²) in [5.41, 5.74) is 3.84. The molecule has 2 heterocycles. The fourth-order valence-electron chi connectivity index (χ4n) is 5.17. The van der Waals surface area contributed by atoms with Gasteiger partial charge in [-0.15, -0.1) is 0 Å². The van der Waals surface area contributed by atoms with E-state index >= 15 is 0 Å². The van der Waals surface area contributed by atoms with Crippen molar-refractivity contribution in [1.82, 2.24) is 0 Å². The third-order valence-electron chi connectivity index (χ3n) is 6.95. The summed E-state index contributed by atoms with van der Waals surface area (Å²) in [6, 6.07) is 20.7. The summed E-state index contributed by atoms with van der Waals surface area (Å²) in [5.74, 6) is -1.96. The Labute approximate surface area is 217 Å². The third kappa shape index (κ3) is 4.40. The maximum absolute atomic E-state index is 14.3. The van der Waals surface area contributed by atoms with Crippen LogP contribution in [0.2, 0.25) is 0 Å². The monoisotopic (exact) mass is 519 g/mol. The summed E-state index contributed by atoms with van der Waals surface area (Å²) < 4.78 is 40.7. The highest BCUT2D eigenvalue weighted by atomic mass is 32.2. The summed E-state index contributed by atoms with van der Waals surface area (Å²) in [5, 5.41) is 11.3. The van der Waals surface area contributed by atoms with Crippen LogP contribution in [0.15, 0.2) is 89.5 Å². The Morgan fingerprint density at radius 1 is 0.973 bits per heavy atom. The van der Waals surface area contributed by atoms with Crippen LogP contribution < -0.4 is 4.31 Å². The minimum Gasteiger partial charge on any atom is -0.460 e. The molecule has 1 N–H and O–H groups in total. The van der Waals surface area contributed by atoms with Gasteiger partial charge in [-0.2, -0.15) is 0 Å². The SMILES string of the molecule is CCOC(=O)C1=C[C@@H]2c3ccccc3N(S(=O)(=O)c3ccc(C)cc3)[C@H](c3ccc(C)cc3)[C@H]2[C@@H](O)O1. The molecule has 192 valence electrons. The number of sulfonamides is 1. The van der Waals surface area contributed by atoms with E-state index in [1.54, 1.807) is 49.4 Å². The summed E-state index contributed by atoms with van der Waals surface area (Å²) in [6.07, 6.45) is 0.190. The highest BCUT2D eigenvalue weighted by Gasteiger charge is 2.52. The number of nitrogens with zero attached hydrogens (tertiary/aromatic N) is 1. The molecule has 4 atom stereocenters. The van der Waals surface area contributed by atoms with Crippen molar-refractivity contribution < 1.29 is 27.8 Å². The topological polar surface area (TPSA) is 93.1 Å². The molecule has 3 aromatic carbocycles. The Hall–Kier alpha value is -3.62. The lowest BCUT2D eigenvalue weighted by molar-refractivity contribution is -0.161.